The second-order valence-electron chi connectivity index (χ2n) is 7.63. The van der Waals surface area contributed by atoms with E-state index in [0.717, 1.165) is 24.9 Å². The van der Waals surface area contributed by atoms with Crippen molar-refractivity contribution in [3.8, 4) is 0 Å². The highest BCUT2D eigenvalue weighted by molar-refractivity contribution is 6.85. The molecule has 0 aliphatic carbocycles. The molecule has 0 unspecified atom stereocenters. The third-order valence-corrected chi connectivity index (χ3v) is 21.1. The van der Waals surface area contributed by atoms with E-state index in [0.29, 0.717) is 0 Å². The van der Waals surface area contributed by atoms with Gasteiger partial charge in [-0.05, 0) is 52.4 Å². The molecule has 11 heteroatoms. The quantitative estimate of drug-likeness (QED) is 0.371. The van der Waals surface area contributed by atoms with E-state index in [1.165, 1.54) is 0 Å². The van der Waals surface area contributed by atoms with Gasteiger partial charge in [0.1, 0.15) is 0 Å². The van der Waals surface area contributed by atoms with Crippen molar-refractivity contribution < 1.29 is 20.6 Å². The number of hydrogen-bond acceptors (Lipinski definition) is 5. The first-order valence-corrected chi connectivity index (χ1v) is 24.9. The molecule has 0 aromatic rings. The fraction of sp³-hybridized carbons (Fsp3) is 1.00. The summed E-state index contributed by atoms with van der Waals surface area (Å²) in [6.07, 6.45) is 2.01. The zero-order chi connectivity index (χ0) is 19.7. The third kappa shape index (κ3) is 10.9. The Morgan fingerprint density at radius 3 is 0.920 bits per heavy atom. The Morgan fingerprint density at radius 1 is 0.520 bits per heavy atom. The summed E-state index contributed by atoms with van der Waals surface area (Å²) in [7, 11) is -10.7. The van der Waals surface area contributed by atoms with Gasteiger partial charge in [-0.25, -0.2) is 0 Å². The molecule has 25 heavy (non-hydrogen) atoms. The molecule has 0 radical (unpaired) electrons. The van der Waals surface area contributed by atoms with Crippen molar-refractivity contribution in [3.05, 3.63) is 0 Å². The molecule has 0 aromatic carbocycles. The summed E-state index contributed by atoms with van der Waals surface area (Å²) in [5.41, 5.74) is 0. The molecule has 0 rings (SSSR count). The zero-order valence-corrected chi connectivity index (χ0v) is 24.8. The lowest BCUT2D eigenvalue weighted by Gasteiger charge is -2.42. The van der Waals surface area contributed by atoms with E-state index >= 15 is 0 Å². The summed E-state index contributed by atoms with van der Waals surface area (Å²) in [5.74, 6) is 0. The first kappa shape index (κ1) is 26.1. The normalized spacial score (nSPS) is 13.7. The van der Waals surface area contributed by atoms with Gasteiger partial charge >= 0.3 is 17.6 Å². The van der Waals surface area contributed by atoms with Gasteiger partial charge in [-0.2, -0.15) is 0 Å². The maximum Gasteiger partial charge on any atom is 0.472 e. The molecule has 152 valence electrons. The molecule has 0 fully saturated rings. The van der Waals surface area contributed by atoms with Gasteiger partial charge in [-0.1, -0.05) is 26.7 Å². The standard InChI is InChI=1S/C14H42O5Si6/c1-11-13-24(15-20(3)4,16-21(5)6)19-25(14-12-2,17-22(7)8)18-23(9)10/h20-23H,11-14H2,1-10H3. The monoisotopic (exact) mass is 458 g/mol. The van der Waals surface area contributed by atoms with Crippen LogP contribution in [0.2, 0.25) is 64.5 Å². The van der Waals surface area contributed by atoms with E-state index in [1.54, 1.807) is 0 Å². The Hall–Kier alpha value is 1.10. The van der Waals surface area contributed by atoms with Gasteiger partial charge in [0.15, 0.2) is 36.2 Å². The average Bonchev–Trinajstić information content (AvgIpc) is 2.34. The van der Waals surface area contributed by atoms with E-state index in [1.807, 2.05) is 0 Å². The molecule has 0 bridgehead atoms. The van der Waals surface area contributed by atoms with E-state index in [9.17, 15) is 0 Å². The lowest BCUT2D eigenvalue weighted by molar-refractivity contribution is 0.181. The molecule has 0 saturated heterocycles. The number of rotatable bonds is 14. The van der Waals surface area contributed by atoms with Crippen LogP contribution in [-0.2, 0) is 20.6 Å². The summed E-state index contributed by atoms with van der Waals surface area (Å²) < 4.78 is 33.0. The van der Waals surface area contributed by atoms with Crippen LogP contribution >= 0.6 is 0 Å². The Kier molecular flexibility index (Phi) is 13.1. The van der Waals surface area contributed by atoms with Gasteiger partial charge in [-0.3, -0.25) is 0 Å². The largest absolute Gasteiger partial charge is 0.472 e. The van der Waals surface area contributed by atoms with E-state index < -0.39 is 53.8 Å². The van der Waals surface area contributed by atoms with E-state index in [4.69, 9.17) is 20.6 Å². The average molecular weight is 459 g/mol. The molecule has 5 nitrogen and oxygen atoms in total. The third-order valence-electron chi connectivity index (χ3n) is 3.08. The minimum Gasteiger partial charge on any atom is -0.420 e. The smallest absolute Gasteiger partial charge is 0.420 e. The van der Waals surface area contributed by atoms with Crippen LogP contribution in [-0.4, -0.2) is 53.8 Å². The lowest BCUT2D eigenvalue weighted by atomic mass is 10.6. The van der Waals surface area contributed by atoms with Crippen LogP contribution in [0.1, 0.15) is 26.7 Å². The van der Waals surface area contributed by atoms with Crippen LogP contribution in [0.4, 0.5) is 0 Å². The van der Waals surface area contributed by atoms with Crippen molar-refractivity contribution in [2.75, 3.05) is 0 Å². The molecule has 0 N–H and O–H groups in total. The Labute approximate surface area is 165 Å². The molecular formula is C14H42O5Si6. The van der Waals surface area contributed by atoms with Crippen molar-refractivity contribution in [2.24, 2.45) is 0 Å². The Balaban J connectivity index is 5.86. The topological polar surface area (TPSA) is 46.2 Å². The van der Waals surface area contributed by atoms with E-state index in [-0.39, 0.29) is 0 Å². The van der Waals surface area contributed by atoms with Crippen molar-refractivity contribution in [3.63, 3.8) is 0 Å². The minimum atomic E-state index is -2.75. The summed E-state index contributed by atoms with van der Waals surface area (Å²) in [5, 5.41) is 0. The summed E-state index contributed by atoms with van der Waals surface area (Å²) in [6, 6.07) is 1.74. The Morgan fingerprint density at radius 2 is 0.760 bits per heavy atom. The van der Waals surface area contributed by atoms with Gasteiger partial charge < -0.3 is 20.6 Å². The summed E-state index contributed by atoms with van der Waals surface area (Å²) >= 11 is 0. The highest BCUT2D eigenvalue weighted by atomic mass is 28.5. The maximum atomic E-state index is 6.88. The van der Waals surface area contributed by atoms with Crippen molar-refractivity contribution in [1.82, 2.24) is 0 Å². The summed E-state index contributed by atoms with van der Waals surface area (Å²) in [6.45, 7) is 22.0. The molecule has 0 heterocycles. The van der Waals surface area contributed by atoms with E-state index in [2.05, 4.69) is 66.2 Å². The fourth-order valence-corrected chi connectivity index (χ4v) is 24.0. The van der Waals surface area contributed by atoms with Gasteiger partial charge in [0.2, 0.25) is 0 Å². The molecule has 0 aliphatic rings. The highest BCUT2D eigenvalue weighted by Crippen LogP contribution is 2.30. The molecule has 0 amide bonds. The van der Waals surface area contributed by atoms with Crippen LogP contribution in [0.5, 0.6) is 0 Å². The van der Waals surface area contributed by atoms with Gasteiger partial charge in [0.05, 0.1) is 0 Å². The SMILES string of the molecule is CCC[Si](O[SiH](C)C)(O[SiH](C)C)O[Si](CCC)(O[SiH](C)C)O[SiH](C)C. The Bertz CT molecular complexity index is 305. The zero-order valence-electron chi connectivity index (χ0n) is 18.2. The van der Waals surface area contributed by atoms with Gasteiger partial charge in [0, 0.05) is 12.1 Å². The van der Waals surface area contributed by atoms with Crippen LogP contribution in [0.3, 0.4) is 0 Å². The predicted octanol–water partition coefficient (Wildman–Crippen LogP) is 3.70. The van der Waals surface area contributed by atoms with Crippen molar-refractivity contribution in [1.29, 1.82) is 0 Å². The van der Waals surface area contributed by atoms with Crippen LogP contribution in [0, 0.1) is 0 Å². The van der Waals surface area contributed by atoms with Crippen LogP contribution in [0.25, 0.3) is 0 Å². The lowest BCUT2D eigenvalue weighted by Crippen LogP contribution is -2.62. The first-order chi connectivity index (χ1) is 11.5. The van der Waals surface area contributed by atoms with Crippen molar-refractivity contribution in [2.45, 2.75) is 91.2 Å². The molecule has 0 atom stereocenters. The highest BCUT2D eigenvalue weighted by Gasteiger charge is 2.53. The van der Waals surface area contributed by atoms with Crippen LogP contribution in [0.15, 0.2) is 0 Å². The van der Waals surface area contributed by atoms with Crippen molar-refractivity contribution >= 4 is 53.8 Å². The second kappa shape index (κ2) is 12.5. The fourth-order valence-electron chi connectivity index (χ4n) is 2.78. The van der Waals surface area contributed by atoms with Crippen LogP contribution < -0.4 is 0 Å². The molecular weight excluding hydrogens is 417 g/mol. The molecule has 0 aromatic heterocycles. The predicted molar refractivity (Wildman–Crippen MR) is 123 cm³/mol. The van der Waals surface area contributed by atoms with Gasteiger partial charge in [-0.15, -0.1) is 0 Å². The number of hydrogen-bond donors (Lipinski definition) is 0. The molecule has 0 aliphatic heterocycles. The molecule has 0 saturated carbocycles. The van der Waals surface area contributed by atoms with Gasteiger partial charge in [0.25, 0.3) is 0 Å². The minimum absolute atomic E-state index is 0.869. The second-order valence-corrected chi connectivity index (χ2v) is 24.3. The first-order valence-electron chi connectivity index (χ1n) is 9.91. The summed E-state index contributed by atoms with van der Waals surface area (Å²) in [4.78, 5) is 0. The molecule has 0 spiro atoms. The maximum absolute atomic E-state index is 6.88.